The number of methoxy groups -OCH3 is 1. The topological polar surface area (TPSA) is 98.6 Å². The number of phenolic OH excluding ortho intramolecular Hbond substituents is 1. The van der Waals surface area contributed by atoms with Crippen LogP contribution in [0.3, 0.4) is 0 Å². The molecule has 17 heavy (non-hydrogen) atoms. The number of non-ortho nitro benzene ring substituents is 1. The van der Waals surface area contributed by atoms with Crippen LogP contribution in [0.5, 0.6) is 11.5 Å². The van der Waals surface area contributed by atoms with E-state index in [-0.39, 0.29) is 35.2 Å². The van der Waals surface area contributed by atoms with Crippen molar-refractivity contribution in [1.82, 2.24) is 0 Å². The summed E-state index contributed by atoms with van der Waals surface area (Å²) in [7, 11) is 1.31. The average molecular weight is 261 g/mol. The highest BCUT2D eigenvalue weighted by Gasteiger charge is 2.19. The van der Waals surface area contributed by atoms with E-state index in [0.717, 1.165) is 6.07 Å². The van der Waals surface area contributed by atoms with E-state index < -0.39 is 11.0 Å². The van der Waals surface area contributed by atoms with Crippen molar-refractivity contribution in [2.75, 3.05) is 7.11 Å². The second-order valence-electron chi connectivity index (χ2n) is 3.10. The van der Waals surface area contributed by atoms with Gasteiger partial charge in [0.1, 0.15) is 0 Å². The molecule has 1 rings (SSSR count). The van der Waals surface area contributed by atoms with Crippen molar-refractivity contribution in [2.45, 2.75) is 6.04 Å². The second kappa shape index (κ2) is 6.07. The minimum Gasteiger partial charge on any atom is -0.504 e. The van der Waals surface area contributed by atoms with Gasteiger partial charge < -0.3 is 15.6 Å². The lowest BCUT2D eigenvalue weighted by atomic mass is 10.1. The van der Waals surface area contributed by atoms with Crippen molar-refractivity contribution in [3.05, 3.63) is 40.5 Å². The number of hydrogen-bond acceptors (Lipinski definition) is 5. The number of hydrogen-bond donors (Lipinski definition) is 2. The van der Waals surface area contributed by atoms with Crippen molar-refractivity contribution >= 4 is 18.1 Å². The molecule has 1 aromatic carbocycles. The predicted octanol–water partition coefficient (Wildman–Crippen LogP) is 1.92. The molecule has 0 aromatic heterocycles. The van der Waals surface area contributed by atoms with E-state index in [1.807, 2.05) is 0 Å². The molecule has 0 aliphatic carbocycles. The zero-order chi connectivity index (χ0) is 12.3. The van der Waals surface area contributed by atoms with Gasteiger partial charge in [-0.2, -0.15) is 0 Å². The molecule has 0 aliphatic rings. The quantitative estimate of drug-likeness (QED) is 0.489. The Morgan fingerprint density at radius 3 is 2.65 bits per heavy atom. The molecule has 1 aromatic rings. The summed E-state index contributed by atoms with van der Waals surface area (Å²) in [4.78, 5) is 10.1. The predicted molar refractivity (Wildman–Crippen MR) is 65.7 cm³/mol. The Balaban J connectivity index is 0.00000256. The molecule has 0 saturated heterocycles. The van der Waals surface area contributed by atoms with E-state index in [4.69, 9.17) is 10.5 Å². The third kappa shape index (κ3) is 3.08. The molecule has 0 heterocycles. The van der Waals surface area contributed by atoms with E-state index in [1.54, 1.807) is 0 Å². The van der Waals surface area contributed by atoms with Crippen LogP contribution in [-0.2, 0) is 0 Å². The Bertz CT molecular complexity index is 437. The maximum absolute atomic E-state index is 10.6. The molecule has 0 saturated carbocycles. The minimum atomic E-state index is -0.686. The van der Waals surface area contributed by atoms with Gasteiger partial charge in [-0.05, 0) is 0 Å². The van der Waals surface area contributed by atoms with Crippen LogP contribution in [0.25, 0.3) is 0 Å². The molecule has 0 radical (unpaired) electrons. The van der Waals surface area contributed by atoms with Gasteiger partial charge >= 0.3 is 0 Å². The van der Waals surface area contributed by atoms with Crippen LogP contribution < -0.4 is 10.5 Å². The van der Waals surface area contributed by atoms with Crippen LogP contribution in [-0.4, -0.2) is 17.1 Å². The molecule has 7 heteroatoms. The number of nitro benzene ring substituents is 1. The summed E-state index contributed by atoms with van der Waals surface area (Å²) in [5.41, 5.74) is 5.65. The normalized spacial score (nSPS) is 11.2. The number of nitrogens with two attached hydrogens (primary N) is 1. The molecule has 1 atom stereocenters. The molecular weight excluding hydrogens is 248 g/mol. The Morgan fingerprint density at radius 2 is 2.24 bits per heavy atom. The standard InChI is InChI=1S/C10H12N2O4.ClH/c1-3-8(11)7-4-6(12(14)15)5-9(16-2)10(7)13;/h3-5,8,13H,1,11H2,2H3;1H/t8-;/m1./s1. The number of rotatable bonds is 4. The summed E-state index contributed by atoms with van der Waals surface area (Å²) in [6, 6.07) is 1.65. The fraction of sp³-hybridized carbons (Fsp3) is 0.200. The van der Waals surface area contributed by atoms with Gasteiger partial charge in [-0.15, -0.1) is 19.0 Å². The van der Waals surface area contributed by atoms with Gasteiger partial charge in [0.05, 0.1) is 24.1 Å². The second-order valence-corrected chi connectivity index (χ2v) is 3.10. The van der Waals surface area contributed by atoms with Gasteiger partial charge in [-0.3, -0.25) is 10.1 Å². The first-order valence-electron chi connectivity index (χ1n) is 4.44. The summed E-state index contributed by atoms with van der Waals surface area (Å²) >= 11 is 0. The van der Waals surface area contributed by atoms with Crippen LogP contribution in [0.15, 0.2) is 24.8 Å². The molecule has 0 bridgehead atoms. The zero-order valence-electron chi connectivity index (χ0n) is 9.12. The van der Waals surface area contributed by atoms with E-state index in [9.17, 15) is 15.2 Å². The van der Waals surface area contributed by atoms with Crippen LogP contribution in [0.2, 0.25) is 0 Å². The Hall–Kier alpha value is -1.79. The first-order valence-corrected chi connectivity index (χ1v) is 4.44. The first-order chi connectivity index (χ1) is 7.51. The number of phenols is 1. The molecule has 0 spiro atoms. The number of ether oxygens (including phenoxy) is 1. The number of halogens is 1. The number of aromatic hydroxyl groups is 1. The molecule has 6 nitrogen and oxygen atoms in total. The van der Waals surface area contributed by atoms with Crippen molar-refractivity contribution < 1.29 is 14.8 Å². The van der Waals surface area contributed by atoms with Crippen molar-refractivity contribution in [1.29, 1.82) is 0 Å². The smallest absolute Gasteiger partial charge is 0.273 e. The molecule has 0 amide bonds. The van der Waals surface area contributed by atoms with Gasteiger partial charge in [-0.1, -0.05) is 6.08 Å². The van der Waals surface area contributed by atoms with E-state index >= 15 is 0 Å². The lowest BCUT2D eigenvalue weighted by molar-refractivity contribution is -0.385. The zero-order valence-corrected chi connectivity index (χ0v) is 9.94. The average Bonchev–Trinajstić information content (AvgIpc) is 2.28. The third-order valence-electron chi connectivity index (χ3n) is 2.13. The number of benzene rings is 1. The Kier molecular flexibility index (Phi) is 5.43. The van der Waals surface area contributed by atoms with E-state index in [2.05, 4.69) is 6.58 Å². The van der Waals surface area contributed by atoms with Crippen molar-refractivity contribution in [3.8, 4) is 11.5 Å². The van der Waals surface area contributed by atoms with Crippen LogP contribution >= 0.6 is 12.4 Å². The highest BCUT2D eigenvalue weighted by atomic mass is 35.5. The lowest BCUT2D eigenvalue weighted by Gasteiger charge is -2.11. The van der Waals surface area contributed by atoms with Crippen LogP contribution in [0.4, 0.5) is 5.69 Å². The fourth-order valence-corrected chi connectivity index (χ4v) is 1.26. The lowest BCUT2D eigenvalue weighted by Crippen LogP contribution is -2.08. The van der Waals surface area contributed by atoms with Gasteiger partial charge in [-0.25, -0.2) is 0 Å². The van der Waals surface area contributed by atoms with Gasteiger partial charge in [0.2, 0.25) is 0 Å². The highest BCUT2D eigenvalue weighted by molar-refractivity contribution is 5.85. The molecular formula is C10H13ClN2O4. The van der Waals surface area contributed by atoms with Gasteiger partial charge in [0.15, 0.2) is 11.5 Å². The molecule has 94 valence electrons. The summed E-state index contributed by atoms with van der Waals surface area (Å²) in [6.07, 6.45) is 1.37. The largest absolute Gasteiger partial charge is 0.504 e. The van der Waals surface area contributed by atoms with Crippen molar-refractivity contribution in [2.24, 2.45) is 5.73 Å². The molecule has 0 fully saturated rings. The van der Waals surface area contributed by atoms with Gasteiger partial charge in [0, 0.05) is 11.6 Å². The number of nitro groups is 1. The Morgan fingerprint density at radius 1 is 1.65 bits per heavy atom. The minimum absolute atomic E-state index is 0. The van der Waals surface area contributed by atoms with Crippen molar-refractivity contribution in [3.63, 3.8) is 0 Å². The van der Waals surface area contributed by atoms with Crippen LogP contribution in [0, 0.1) is 10.1 Å². The van der Waals surface area contributed by atoms with Gasteiger partial charge in [0.25, 0.3) is 5.69 Å². The summed E-state index contributed by atoms with van der Waals surface area (Å²) in [5.74, 6) is -0.193. The molecule has 0 unspecified atom stereocenters. The SMILES string of the molecule is C=C[C@@H](N)c1cc([N+](=O)[O-])cc(OC)c1O.Cl. The molecule has 3 N–H and O–H groups in total. The maximum atomic E-state index is 10.6. The number of nitrogens with zero attached hydrogens (tertiary/aromatic N) is 1. The monoisotopic (exact) mass is 260 g/mol. The fourth-order valence-electron chi connectivity index (χ4n) is 1.26. The van der Waals surface area contributed by atoms with E-state index in [1.165, 1.54) is 19.3 Å². The summed E-state index contributed by atoms with van der Waals surface area (Å²) in [6.45, 7) is 3.46. The first kappa shape index (κ1) is 15.2. The third-order valence-corrected chi connectivity index (χ3v) is 2.13. The van der Waals surface area contributed by atoms with E-state index in [0.29, 0.717) is 0 Å². The molecule has 0 aliphatic heterocycles. The highest BCUT2D eigenvalue weighted by Crippen LogP contribution is 2.37. The maximum Gasteiger partial charge on any atom is 0.273 e. The Labute approximate surface area is 104 Å². The van der Waals surface area contributed by atoms with Crippen LogP contribution in [0.1, 0.15) is 11.6 Å². The summed E-state index contributed by atoms with van der Waals surface area (Å²) < 4.78 is 4.83. The summed E-state index contributed by atoms with van der Waals surface area (Å²) in [5, 5.41) is 20.4.